The Morgan fingerprint density at radius 1 is 1.35 bits per heavy atom. The lowest BCUT2D eigenvalue weighted by Gasteiger charge is -2.10. The van der Waals surface area contributed by atoms with Crippen LogP contribution in [0.4, 0.5) is 4.39 Å². The number of nitrogens with zero attached hydrogens (tertiary/aromatic N) is 2. The first kappa shape index (κ1) is 14.0. The van der Waals surface area contributed by atoms with Crippen LogP contribution in [0.1, 0.15) is 23.9 Å². The van der Waals surface area contributed by atoms with Crippen LogP contribution in [-0.2, 0) is 4.79 Å². The molecule has 0 spiro atoms. The van der Waals surface area contributed by atoms with E-state index in [4.69, 9.17) is 0 Å². The van der Waals surface area contributed by atoms with Gasteiger partial charge in [0.25, 0.3) is 0 Å². The standard InChI is InChI=1S/C15H16FN3O/c1-10-8-13(9-17-18-12(3)20)11(2)19(10)15-7-5-4-6-14(15)16/h4-9H,1-3H3,(H,18,20)/b17-9-. The molecule has 1 aromatic heterocycles. The number of carbonyl (C=O) groups is 1. The van der Waals surface area contributed by atoms with Crippen molar-refractivity contribution in [3.05, 3.63) is 53.1 Å². The molecule has 1 aromatic carbocycles. The highest BCUT2D eigenvalue weighted by molar-refractivity contribution is 5.83. The van der Waals surface area contributed by atoms with Crippen LogP contribution in [0.5, 0.6) is 0 Å². The number of aryl methyl sites for hydroxylation is 1. The van der Waals surface area contributed by atoms with Crippen molar-refractivity contribution in [3.8, 4) is 5.69 Å². The second kappa shape index (κ2) is 5.69. The number of benzene rings is 1. The van der Waals surface area contributed by atoms with Gasteiger partial charge < -0.3 is 4.57 Å². The summed E-state index contributed by atoms with van der Waals surface area (Å²) in [6.45, 7) is 5.17. The van der Waals surface area contributed by atoms with Crippen LogP contribution < -0.4 is 5.43 Å². The van der Waals surface area contributed by atoms with Crippen molar-refractivity contribution in [2.45, 2.75) is 20.8 Å². The van der Waals surface area contributed by atoms with Gasteiger partial charge in [-0.3, -0.25) is 4.79 Å². The number of aromatic nitrogens is 1. The van der Waals surface area contributed by atoms with Crippen LogP contribution in [-0.4, -0.2) is 16.7 Å². The zero-order valence-corrected chi connectivity index (χ0v) is 11.6. The van der Waals surface area contributed by atoms with E-state index in [1.165, 1.54) is 13.0 Å². The van der Waals surface area contributed by atoms with Crippen molar-refractivity contribution in [1.82, 2.24) is 9.99 Å². The Hall–Kier alpha value is -2.43. The molecule has 1 heterocycles. The van der Waals surface area contributed by atoms with Crippen LogP contribution in [0.3, 0.4) is 0 Å². The third-order valence-corrected chi connectivity index (χ3v) is 2.99. The first-order valence-corrected chi connectivity index (χ1v) is 6.24. The molecule has 5 heteroatoms. The number of amides is 1. The average molecular weight is 273 g/mol. The smallest absolute Gasteiger partial charge is 0.236 e. The summed E-state index contributed by atoms with van der Waals surface area (Å²) in [5, 5.41) is 3.84. The van der Waals surface area contributed by atoms with Gasteiger partial charge in [-0.25, -0.2) is 9.82 Å². The van der Waals surface area contributed by atoms with E-state index in [2.05, 4.69) is 10.5 Å². The molecule has 0 saturated carbocycles. The van der Waals surface area contributed by atoms with Gasteiger partial charge in [-0.2, -0.15) is 5.10 Å². The summed E-state index contributed by atoms with van der Waals surface area (Å²) in [4.78, 5) is 10.8. The molecule has 0 aliphatic rings. The fourth-order valence-corrected chi connectivity index (χ4v) is 2.11. The topological polar surface area (TPSA) is 46.4 Å². The van der Waals surface area contributed by atoms with Crippen molar-refractivity contribution in [3.63, 3.8) is 0 Å². The average Bonchev–Trinajstić information content (AvgIpc) is 2.65. The maximum atomic E-state index is 13.9. The highest BCUT2D eigenvalue weighted by atomic mass is 19.1. The van der Waals surface area contributed by atoms with Crippen LogP contribution in [0, 0.1) is 19.7 Å². The van der Waals surface area contributed by atoms with Crippen molar-refractivity contribution in [2.75, 3.05) is 0 Å². The number of hydrogen-bond donors (Lipinski definition) is 1. The first-order valence-electron chi connectivity index (χ1n) is 6.24. The summed E-state index contributed by atoms with van der Waals surface area (Å²) in [6, 6.07) is 8.50. The van der Waals surface area contributed by atoms with Crippen molar-refractivity contribution >= 4 is 12.1 Å². The molecular formula is C15H16FN3O. The van der Waals surface area contributed by atoms with Crippen molar-refractivity contribution in [1.29, 1.82) is 0 Å². The predicted octanol–water partition coefficient (Wildman–Crippen LogP) is 2.70. The van der Waals surface area contributed by atoms with E-state index in [1.54, 1.807) is 24.4 Å². The minimum atomic E-state index is -0.278. The maximum absolute atomic E-state index is 13.9. The summed E-state index contributed by atoms with van der Waals surface area (Å²) in [5.41, 5.74) is 5.45. The summed E-state index contributed by atoms with van der Waals surface area (Å²) in [5.74, 6) is -0.510. The van der Waals surface area contributed by atoms with Crippen LogP contribution in [0.25, 0.3) is 5.69 Å². The van der Waals surface area contributed by atoms with Crippen LogP contribution in [0.2, 0.25) is 0 Å². The zero-order chi connectivity index (χ0) is 14.7. The largest absolute Gasteiger partial charge is 0.315 e. The van der Waals surface area contributed by atoms with Gasteiger partial charge in [0, 0.05) is 23.9 Å². The number of rotatable bonds is 3. The molecule has 20 heavy (non-hydrogen) atoms. The summed E-state index contributed by atoms with van der Waals surface area (Å²) in [6.07, 6.45) is 1.56. The maximum Gasteiger partial charge on any atom is 0.236 e. The third kappa shape index (κ3) is 2.77. The van der Waals surface area contributed by atoms with E-state index in [9.17, 15) is 9.18 Å². The molecule has 0 fully saturated rings. The second-order valence-electron chi connectivity index (χ2n) is 4.54. The zero-order valence-electron chi connectivity index (χ0n) is 11.6. The summed E-state index contributed by atoms with van der Waals surface area (Å²) >= 11 is 0. The van der Waals surface area contributed by atoms with E-state index in [0.29, 0.717) is 5.69 Å². The Morgan fingerprint density at radius 3 is 2.70 bits per heavy atom. The van der Waals surface area contributed by atoms with E-state index in [0.717, 1.165) is 17.0 Å². The molecule has 0 atom stereocenters. The molecular weight excluding hydrogens is 257 g/mol. The van der Waals surface area contributed by atoms with E-state index >= 15 is 0 Å². The van der Waals surface area contributed by atoms with E-state index < -0.39 is 0 Å². The molecule has 0 saturated heterocycles. The first-order chi connectivity index (χ1) is 9.50. The van der Waals surface area contributed by atoms with Crippen LogP contribution >= 0.6 is 0 Å². The van der Waals surface area contributed by atoms with Gasteiger partial charge in [0.15, 0.2) is 0 Å². The molecule has 2 aromatic rings. The van der Waals surface area contributed by atoms with Gasteiger partial charge in [-0.1, -0.05) is 12.1 Å². The normalized spacial score (nSPS) is 11.0. The second-order valence-corrected chi connectivity index (χ2v) is 4.54. The highest BCUT2D eigenvalue weighted by Gasteiger charge is 2.12. The van der Waals surface area contributed by atoms with Gasteiger partial charge in [0.05, 0.1) is 11.9 Å². The number of nitrogens with one attached hydrogen (secondary N) is 1. The number of carbonyl (C=O) groups excluding carboxylic acids is 1. The molecule has 1 N–H and O–H groups in total. The Kier molecular flexibility index (Phi) is 3.98. The van der Waals surface area contributed by atoms with Gasteiger partial charge in [0.2, 0.25) is 5.91 Å². The summed E-state index contributed by atoms with van der Waals surface area (Å²) in [7, 11) is 0. The Morgan fingerprint density at radius 2 is 2.05 bits per heavy atom. The number of para-hydroxylation sites is 1. The van der Waals surface area contributed by atoms with E-state index in [-0.39, 0.29) is 11.7 Å². The van der Waals surface area contributed by atoms with Gasteiger partial charge in [-0.15, -0.1) is 0 Å². The van der Waals surface area contributed by atoms with Gasteiger partial charge in [-0.05, 0) is 32.0 Å². The highest BCUT2D eigenvalue weighted by Crippen LogP contribution is 2.21. The van der Waals surface area contributed by atoms with Crippen LogP contribution in [0.15, 0.2) is 35.4 Å². The SMILES string of the molecule is CC(=O)N/N=C\c1cc(C)n(-c2ccccc2F)c1C. The number of hydrogen-bond acceptors (Lipinski definition) is 2. The molecule has 0 unspecified atom stereocenters. The fourth-order valence-electron chi connectivity index (χ4n) is 2.11. The Bertz CT molecular complexity index is 674. The molecule has 1 amide bonds. The molecule has 0 radical (unpaired) electrons. The molecule has 2 rings (SSSR count). The summed E-state index contributed by atoms with van der Waals surface area (Å²) < 4.78 is 15.7. The number of hydrazone groups is 1. The lowest BCUT2D eigenvalue weighted by molar-refractivity contribution is -0.118. The minimum Gasteiger partial charge on any atom is -0.315 e. The predicted molar refractivity (Wildman–Crippen MR) is 76.6 cm³/mol. The van der Waals surface area contributed by atoms with Gasteiger partial charge >= 0.3 is 0 Å². The van der Waals surface area contributed by atoms with E-state index in [1.807, 2.05) is 24.5 Å². The van der Waals surface area contributed by atoms with Gasteiger partial charge in [0.1, 0.15) is 5.82 Å². The monoisotopic (exact) mass is 273 g/mol. The molecule has 4 nitrogen and oxygen atoms in total. The minimum absolute atomic E-state index is 0.232. The third-order valence-electron chi connectivity index (χ3n) is 2.99. The number of halogens is 1. The molecule has 0 aliphatic heterocycles. The van der Waals surface area contributed by atoms with Crippen molar-refractivity contribution < 1.29 is 9.18 Å². The van der Waals surface area contributed by atoms with Crippen molar-refractivity contribution in [2.24, 2.45) is 5.10 Å². The lowest BCUT2D eigenvalue weighted by atomic mass is 10.2. The molecule has 104 valence electrons. The fraction of sp³-hybridized carbons (Fsp3) is 0.200. The Balaban J connectivity index is 2.42. The molecule has 0 bridgehead atoms. The lowest BCUT2D eigenvalue weighted by Crippen LogP contribution is -2.12. The quantitative estimate of drug-likeness (QED) is 0.678. The molecule has 0 aliphatic carbocycles. The Labute approximate surface area is 116 Å².